The first-order chi connectivity index (χ1) is 6.68. The van der Waals surface area contributed by atoms with Gasteiger partial charge >= 0.3 is 0 Å². The van der Waals surface area contributed by atoms with Crippen molar-refractivity contribution in [2.45, 2.75) is 38.6 Å². The Hall–Kier alpha value is -0.500. The van der Waals surface area contributed by atoms with E-state index >= 15 is 0 Å². The Morgan fingerprint density at radius 2 is 2.00 bits per heavy atom. The third-order valence-corrected chi connectivity index (χ3v) is 3.58. The van der Waals surface area contributed by atoms with E-state index in [0.717, 1.165) is 18.5 Å². The lowest BCUT2D eigenvalue weighted by Crippen LogP contribution is -2.32. The van der Waals surface area contributed by atoms with Gasteiger partial charge in [0.2, 0.25) is 0 Å². The van der Waals surface area contributed by atoms with Crippen LogP contribution >= 0.6 is 0 Å². The molecule has 1 aliphatic heterocycles. The average Bonchev–Trinajstić information content (AvgIpc) is 2.43. The summed E-state index contributed by atoms with van der Waals surface area (Å²) < 4.78 is 0. The molecule has 0 aromatic carbocycles. The first-order valence-electron chi connectivity index (χ1n) is 5.79. The van der Waals surface area contributed by atoms with Gasteiger partial charge in [0.1, 0.15) is 0 Å². The second-order valence-corrected chi connectivity index (χ2v) is 5.03. The molecule has 14 heavy (non-hydrogen) atoms. The van der Waals surface area contributed by atoms with Gasteiger partial charge in [-0.05, 0) is 39.4 Å². The van der Waals surface area contributed by atoms with Crippen molar-refractivity contribution < 1.29 is 0 Å². The van der Waals surface area contributed by atoms with Crippen LogP contribution in [0.3, 0.4) is 0 Å². The summed E-state index contributed by atoms with van der Waals surface area (Å²) in [6.45, 7) is 3.39. The van der Waals surface area contributed by atoms with E-state index in [1.807, 2.05) is 0 Å². The van der Waals surface area contributed by atoms with Crippen LogP contribution in [-0.4, -0.2) is 31.6 Å². The van der Waals surface area contributed by atoms with Gasteiger partial charge in [-0.3, -0.25) is 0 Å². The molecule has 1 heterocycles. The number of rotatable bonds is 2. The van der Waals surface area contributed by atoms with Gasteiger partial charge in [0.05, 0.1) is 0 Å². The van der Waals surface area contributed by atoms with Gasteiger partial charge in [0.25, 0.3) is 0 Å². The molecule has 2 rings (SSSR count). The summed E-state index contributed by atoms with van der Waals surface area (Å²) in [7, 11) is 4.33. The van der Waals surface area contributed by atoms with Gasteiger partial charge in [0.15, 0.2) is 0 Å². The molecule has 2 heteroatoms. The van der Waals surface area contributed by atoms with E-state index in [2.05, 4.69) is 31.2 Å². The van der Waals surface area contributed by atoms with Crippen molar-refractivity contribution in [2.75, 3.05) is 20.6 Å². The molecule has 2 aliphatic rings. The van der Waals surface area contributed by atoms with Crippen LogP contribution in [0.15, 0.2) is 11.3 Å². The fourth-order valence-corrected chi connectivity index (χ4v) is 2.95. The van der Waals surface area contributed by atoms with Crippen molar-refractivity contribution >= 4 is 0 Å². The van der Waals surface area contributed by atoms with Crippen molar-refractivity contribution in [1.82, 2.24) is 10.2 Å². The monoisotopic (exact) mass is 194 g/mol. The van der Waals surface area contributed by atoms with Gasteiger partial charge in [0, 0.05) is 24.2 Å². The molecular weight excluding hydrogens is 172 g/mol. The number of nitrogens with one attached hydrogen (secondary N) is 1. The van der Waals surface area contributed by atoms with Crippen LogP contribution in [0.5, 0.6) is 0 Å². The molecule has 0 aromatic heterocycles. The Labute approximate surface area is 87.4 Å². The van der Waals surface area contributed by atoms with Crippen LogP contribution in [0.4, 0.5) is 0 Å². The minimum absolute atomic E-state index is 0.763. The Morgan fingerprint density at radius 3 is 2.71 bits per heavy atom. The molecule has 1 aliphatic carbocycles. The van der Waals surface area contributed by atoms with Crippen molar-refractivity contribution in [3.05, 3.63) is 11.3 Å². The molecule has 80 valence electrons. The predicted molar refractivity (Wildman–Crippen MR) is 60.1 cm³/mol. The fraction of sp³-hybridized carbons (Fsp3) is 0.833. The molecule has 0 spiro atoms. The summed E-state index contributed by atoms with van der Waals surface area (Å²) in [5, 5.41) is 3.66. The average molecular weight is 194 g/mol. The van der Waals surface area contributed by atoms with Crippen LogP contribution in [0.2, 0.25) is 0 Å². The molecule has 1 saturated carbocycles. The summed E-state index contributed by atoms with van der Waals surface area (Å²) >= 11 is 0. The van der Waals surface area contributed by atoms with Gasteiger partial charge < -0.3 is 10.2 Å². The number of hydrogen-bond donors (Lipinski definition) is 1. The molecular formula is C12H22N2. The predicted octanol–water partition coefficient (Wildman–Crippen LogP) is 1.98. The summed E-state index contributed by atoms with van der Waals surface area (Å²) in [5.74, 6) is 0.839. The zero-order valence-corrected chi connectivity index (χ0v) is 9.64. The molecule has 0 amide bonds. The normalized spacial score (nSPS) is 32.0. The van der Waals surface area contributed by atoms with Crippen molar-refractivity contribution in [2.24, 2.45) is 5.92 Å². The summed E-state index contributed by atoms with van der Waals surface area (Å²) in [6, 6.07) is 0.763. The van der Waals surface area contributed by atoms with Gasteiger partial charge in [-0.15, -0.1) is 0 Å². The number of fused-ring (bicyclic) bond motifs is 1. The van der Waals surface area contributed by atoms with Crippen LogP contribution in [0, 0.1) is 5.92 Å². The van der Waals surface area contributed by atoms with E-state index in [1.165, 1.54) is 31.4 Å². The maximum absolute atomic E-state index is 3.66. The molecule has 0 saturated heterocycles. The molecule has 0 aromatic rings. The number of likely N-dealkylation sites (N-methyl/N-ethyl adjacent to an activating group) is 1. The van der Waals surface area contributed by atoms with E-state index in [0.29, 0.717) is 0 Å². The molecule has 0 radical (unpaired) electrons. The van der Waals surface area contributed by atoms with E-state index in [-0.39, 0.29) is 0 Å². The first kappa shape index (κ1) is 10.0. The second-order valence-electron chi connectivity index (χ2n) is 5.03. The van der Waals surface area contributed by atoms with Crippen LogP contribution in [-0.2, 0) is 0 Å². The van der Waals surface area contributed by atoms with E-state index < -0.39 is 0 Å². The van der Waals surface area contributed by atoms with Crippen molar-refractivity contribution in [3.63, 3.8) is 0 Å². The second kappa shape index (κ2) is 3.93. The van der Waals surface area contributed by atoms with Crippen molar-refractivity contribution in [3.8, 4) is 0 Å². The highest BCUT2D eigenvalue weighted by Crippen LogP contribution is 2.36. The molecule has 2 unspecified atom stereocenters. The van der Waals surface area contributed by atoms with E-state index in [1.54, 1.807) is 5.57 Å². The fourth-order valence-electron chi connectivity index (χ4n) is 2.95. The Bertz CT molecular complexity index is 243. The zero-order valence-electron chi connectivity index (χ0n) is 9.64. The first-order valence-corrected chi connectivity index (χ1v) is 5.79. The van der Waals surface area contributed by atoms with E-state index in [9.17, 15) is 0 Å². The van der Waals surface area contributed by atoms with Gasteiger partial charge in [-0.25, -0.2) is 0 Å². The summed E-state index contributed by atoms with van der Waals surface area (Å²) in [6.07, 6.45) is 5.61. The topological polar surface area (TPSA) is 15.3 Å². The number of nitrogens with zero attached hydrogens (tertiary/aromatic N) is 1. The van der Waals surface area contributed by atoms with Gasteiger partial charge in [-0.1, -0.05) is 12.8 Å². The molecule has 0 bridgehead atoms. The smallest absolute Gasteiger partial charge is 0.0324 e. The maximum Gasteiger partial charge on any atom is 0.0324 e. The quantitative estimate of drug-likeness (QED) is 0.723. The lowest BCUT2D eigenvalue weighted by Gasteiger charge is -2.28. The lowest BCUT2D eigenvalue weighted by molar-refractivity contribution is 0.322. The third kappa shape index (κ3) is 1.81. The maximum atomic E-state index is 3.66. The molecule has 2 nitrogen and oxygen atoms in total. The minimum atomic E-state index is 0.763. The Morgan fingerprint density at radius 1 is 1.29 bits per heavy atom. The highest BCUT2D eigenvalue weighted by atomic mass is 15.1. The number of hydrogen-bond acceptors (Lipinski definition) is 2. The highest BCUT2D eigenvalue weighted by molar-refractivity contribution is 5.25. The Kier molecular flexibility index (Phi) is 2.82. The minimum Gasteiger partial charge on any atom is -0.385 e. The molecule has 1 fully saturated rings. The third-order valence-electron chi connectivity index (χ3n) is 3.58. The summed E-state index contributed by atoms with van der Waals surface area (Å²) in [4.78, 5) is 2.29. The SMILES string of the molecule is CC1=C(CN(C)C)C2CCCCC2N1. The largest absolute Gasteiger partial charge is 0.385 e. The standard InChI is InChI=1S/C12H22N2/c1-9-11(8-14(2)3)10-6-4-5-7-12(10)13-9/h10,12-13H,4-8H2,1-3H3. The lowest BCUT2D eigenvalue weighted by atomic mass is 9.82. The van der Waals surface area contributed by atoms with Crippen LogP contribution < -0.4 is 5.32 Å². The summed E-state index contributed by atoms with van der Waals surface area (Å²) in [5.41, 5.74) is 3.12. The highest BCUT2D eigenvalue weighted by Gasteiger charge is 2.34. The molecule has 2 atom stereocenters. The van der Waals surface area contributed by atoms with Crippen LogP contribution in [0.25, 0.3) is 0 Å². The Balaban J connectivity index is 2.09. The van der Waals surface area contributed by atoms with E-state index in [4.69, 9.17) is 0 Å². The van der Waals surface area contributed by atoms with Crippen molar-refractivity contribution in [1.29, 1.82) is 0 Å². The molecule has 1 N–H and O–H groups in total. The van der Waals surface area contributed by atoms with Gasteiger partial charge in [-0.2, -0.15) is 0 Å². The zero-order chi connectivity index (χ0) is 10.1. The number of allylic oxidation sites excluding steroid dienone is 1. The van der Waals surface area contributed by atoms with Crippen LogP contribution in [0.1, 0.15) is 32.6 Å².